The topological polar surface area (TPSA) is 62.1 Å². The van der Waals surface area contributed by atoms with Crippen LogP contribution < -0.4 is 5.32 Å². The molecule has 1 heterocycles. The molecule has 2 rings (SSSR count). The summed E-state index contributed by atoms with van der Waals surface area (Å²) in [5, 5.41) is 11.7. The van der Waals surface area contributed by atoms with Gasteiger partial charge < -0.3 is 10.1 Å². The van der Waals surface area contributed by atoms with Gasteiger partial charge in [0.15, 0.2) is 0 Å². The predicted octanol–water partition coefficient (Wildman–Crippen LogP) is 0.833. The Morgan fingerprint density at radius 3 is 2.93 bits per heavy atom. The van der Waals surface area contributed by atoms with E-state index in [4.69, 9.17) is 10.00 Å². The molecule has 0 radical (unpaired) electrons. The number of hydrogen-bond donors (Lipinski definition) is 1. The van der Waals surface area contributed by atoms with Crippen LogP contribution in [-0.2, 0) is 9.53 Å². The van der Waals surface area contributed by atoms with Crippen LogP contribution in [-0.4, -0.2) is 25.7 Å². The fraction of sp³-hybridized carbons (Fsp3) is 0.818. The van der Waals surface area contributed by atoms with Gasteiger partial charge in [0, 0.05) is 19.8 Å². The van der Waals surface area contributed by atoms with E-state index in [0.29, 0.717) is 12.5 Å². The Morgan fingerprint density at radius 1 is 1.60 bits per heavy atom. The van der Waals surface area contributed by atoms with Gasteiger partial charge in [0.1, 0.15) is 5.41 Å². The molecule has 1 saturated heterocycles. The SMILES string of the molecule is N#CC1(C(=O)NCCC2CCOC2)CC1. The van der Waals surface area contributed by atoms with Crippen molar-refractivity contribution in [2.75, 3.05) is 19.8 Å². The Balaban J connectivity index is 1.66. The van der Waals surface area contributed by atoms with Crippen molar-refractivity contribution >= 4 is 5.91 Å². The normalized spacial score (nSPS) is 27.0. The Morgan fingerprint density at radius 2 is 2.40 bits per heavy atom. The highest BCUT2D eigenvalue weighted by Gasteiger charge is 2.50. The Kier molecular flexibility index (Phi) is 2.92. The maximum Gasteiger partial charge on any atom is 0.240 e. The number of rotatable bonds is 4. The van der Waals surface area contributed by atoms with E-state index in [1.807, 2.05) is 0 Å². The lowest BCUT2D eigenvalue weighted by Crippen LogP contribution is -2.32. The van der Waals surface area contributed by atoms with E-state index >= 15 is 0 Å². The minimum Gasteiger partial charge on any atom is -0.381 e. The lowest BCUT2D eigenvalue weighted by molar-refractivity contribution is -0.124. The monoisotopic (exact) mass is 208 g/mol. The van der Waals surface area contributed by atoms with Crippen LogP contribution in [0, 0.1) is 22.7 Å². The number of hydrogen-bond acceptors (Lipinski definition) is 3. The highest BCUT2D eigenvalue weighted by molar-refractivity contribution is 5.88. The van der Waals surface area contributed by atoms with E-state index in [2.05, 4.69) is 11.4 Å². The maximum atomic E-state index is 11.6. The lowest BCUT2D eigenvalue weighted by atomic mass is 10.0. The summed E-state index contributed by atoms with van der Waals surface area (Å²) in [5.41, 5.74) is -0.674. The van der Waals surface area contributed by atoms with Crippen molar-refractivity contribution in [2.45, 2.75) is 25.7 Å². The van der Waals surface area contributed by atoms with Crippen LogP contribution in [0.2, 0.25) is 0 Å². The third-order valence-electron chi connectivity index (χ3n) is 3.26. The molecule has 1 N–H and O–H groups in total. The van der Waals surface area contributed by atoms with Gasteiger partial charge in [0.25, 0.3) is 0 Å². The first-order chi connectivity index (χ1) is 7.27. The zero-order valence-corrected chi connectivity index (χ0v) is 8.79. The van der Waals surface area contributed by atoms with Crippen LogP contribution in [0.15, 0.2) is 0 Å². The molecule has 1 aliphatic heterocycles. The van der Waals surface area contributed by atoms with Crippen LogP contribution in [0.25, 0.3) is 0 Å². The zero-order valence-electron chi connectivity index (χ0n) is 8.79. The van der Waals surface area contributed by atoms with Crippen molar-refractivity contribution < 1.29 is 9.53 Å². The van der Waals surface area contributed by atoms with Crippen molar-refractivity contribution in [3.8, 4) is 6.07 Å². The number of ether oxygens (including phenoxy) is 1. The molecule has 15 heavy (non-hydrogen) atoms. The van der Waals surface area contributed by atoms with E-state index in [0.717, 1.165) is 38.9 Å². The Labute approximate surface area is 89.6 Å². The summed E-state index contributed by atoms with van der Waals surface area (Å²) in [6, 6.07) is 2.09. The second-order valence-electron chi connectivity index (χ2n) is 4.47. The number of nitriles is 1. The van der Waals surface area contributed by atoms with Crippen molar-refractivity contribution in [1.82, 2.24) is 5.32 Å². The van der Waals surface area contributed by atoms with Gasteiger partial charge in [-0.15, -0.1) is 0 Å². The van der Waals surface area contributed by atoms with E-state index in [-0.39, 0.29) is 5.91 Å². The second-order valence-corrected chi connectivity index (χ2v) is 4.47. The standard InChI is InChI=1S/C11H16N2O2/c12-8-11(3-4-11)10(14)13-5-1-9-2-6-15-7-9/h9H,1-7H2,(H,13,14). The molecule has 0 bridgehead atoms. The molecule has 82 valence electrons. The number of nitrogens with one attached hydrogen (secondary N) is 1. The van der Waals surface area contributed by atoms with Gasteiger partial charge in [-0.1, -0.05) is 0 Å². The van der Waals surface area contributed by atoms with Gasteiger partial charge in [0.2, 0.25) is 5.91 Å². The highest BCUT2D eigenvalue weighted by atomic mass is 16.5. The lowest BCUT2D eigenvalue weighted by Gasteiger charge is -2.10. The largest absolute Gasteiger partial charge is 0.381 e. The molecule has 1 atom stereocenters. The van der Waals surface area contributed by atoms with Crippen LogP contribution in [0.4, 0.5) is 0 Å². The molecule has 1 saturated carbocycles. The van der Waals surface area contributed by atoms with Crippen LogP contribution in [0.5, 0.6) is 0 Å². The Hall–Kier alpha value is -1.08. The fourth-order valence-electron chi connectivity index (χ4n) is 1.88. The molecule has 0 aromatic heterocycles. The van der Waals surface area contributed by atoms with E-state index in [1.165, 1.54) is 0 Å². The minimum atomic E-state index is -0.674. The van der Waals surface area contributed by atoms with E-state index in [9.17, 15) is 4.79 Å². The maximum absolute atomic E-state index is 11.6. The van der Waals surface area contributed by atoms with Crippen molar-refractivity contribution in [1.29, 1.82) is 5.26 Å². The quantitative estimate of drug-likeness (QED) is 0.744. The van der Waals surface area contributed by atoms with Crippen molar-refractivity contribution in [3.05, 3.63) is 0 Å². The summed E-state index contributed by atoms with van der Waals surface area (Å²) >= 11 is 0. The summed E-state index contributed by atoms with van der Waals surface area (Å²) in [5.74, 6) is 0.506. The molecule has 1 amide bonds. The van der Waals surface area contributed by atoms with Crippen molar-refractivity contribution in [2.24, 2.45) is 11.3 Å². The number of amides is 1. The molecule has 4 nitrogen and oxygen atoms in total. The average molecular weight is 208 g/mol. The fourth-order valence-corrected chi connectivity index (χ4v) is 1.88. The summed E-state index contributed by atoms with van der Waals surface area (Å²) in [6.45, 7) is 2.34. The van der Waals surface area contributed by atoms with Gasteiger partial charge in [-0.05, 0) is 31.6 Å². The van der Waals surface area contributed by atoms with Gasteiger partial charge in [-0.3, -0.25) is 4.79 Å². The summed E-state index contributed by atoms with van der Waals surface area (Å²) in [7, 11) is 0. The van der Waals surface area contributed by atoms with E-state index in [1.54, 1.807) is 0 Å². The molecule has 1 aliphatic carbocycles. The molecule has 0 aromatic carbocycles. The van der Waals surface area contributed by atoms with Crippen LogP contribution in [0.1, 0.15) is 25.7 Å². The zero-order chi connectivity index (χ0) is 10.7. The molecule has 4 heteroatoms. The second kappa shape index (κ2) is 4.19. The number of nitrogens with zero attached hydrogens (tertiary/aromatic N) is 1. The molecular formula is C11H16N2O2. The molecule has 0 aromatic rings. The predicted molar refractivity (Wildman–Crippen MR) is 53.8 cm³/mol. The van der Waals surface area contributed by atoms with Crippen LogP contribution >= 0.6 is 0 Å². The molecule has 0 spiro atoms. The van der Waals surface area contributed by atoms with E-state index < -0.39 is 5.41 Å². The molecule has 1 unspecified atom stereocenters. The summed E-state index contributed by atoms with van der Waals surface area (Å²) in [4.78, 5) is 11.6. The summed E-state index contributed by atoms with van der Waals surface area (Å²) < 4.78 is 5.25. The first-order valence-corrected chi connectivity index (χ1v) is 5.54. The van der Waals surface area contributed by atoms with Gasteiger partial charge in [-0.25, -0.2) is 0 Å². The first-order valence-electron chi connectivity index (χ1n) is 5.54. The molecule has 2 aliphatic rings. The third-order valence-corrected chi connectivity index (χ3v) is 3.26. The van der Waals surface area contributed by atoms with Gasteiger partial charge >= 0.3 is 0 Å². The average Bonchev–Trinajstić information content (AvgIpc) is 2.90. The van der Waals surface area contributed by atoms with Crippen LogP contribution in [0.3, 0.4) is 0 Å². The van der Waals surface area contributed by atoms with Gasteiger partial charge in [0.05, 0.1) is 6.07 Å². The summed E-state index contributed by atoms with van der Waals surface area (Å²) in [6.07, 6.45) is 3.51. The Bertz CT molecular complexity index is 285. The van der Waals surface area contributed by atoms with Crippen molar-refractivity contribution in [3.63, 3.8) is 0 Å². The van der Waals surface area contributed by atoms with Gasteiger partial charge in [-0.2, -0.15) is 5.26 Å². The smallest absolute Gasteiger partial charge is 0.240 e. The number of carbonyl (C=O) groups excluding carboxylic acids is 1. The third kappa shape index (κ3) is 2.29. The highest BCUT2D eigenvalue weighted by Crippen LogP contribution is 2.44. The number of carbonyl (C=O) groups is 1. The minimum absolute atomic E-state index is 0.0797. The molecular weight excluding hydrogens is 192 g/mol. The first kappa shape index (κ1) is 10.4. The molecule has 2 fully saturated rings.